The van der Waals surface area contributed by atoms with E-state index in [2.05, 4.69) is 137 Å². The summed E-state index contributed by atoms with van der Waals surface area (Å²) in [7, 11) is 0. The summed E-state index contributed by atoms with van der Waals surface area (Å²) in [6.07, 6.45) is 4.57. The van der Waals surface area contributed by atoms with Gasteiger partial charge in [0.05, 0.1) is 11.4 Å². The highest BCUT2D eigenvalue weighted by molar-refractivity contribution is 14.1. The van der Waals surface area contributed by atoms with Crippen molar-refractivity contribution < 1.29 is 0 Å². The minimum Gasteiger partial charge on any atom is -0.316 e. The lowest BCUT2D eigenvalue weighted by molar-refractivity contribution is 0.796. The van der Waals surface area contributed by atoms with E-state index in [9.17, 15) is 0 Å². The number of hydrogen-bond donors (Lipinski definition) is 0. The number of halogens is 2. The van der Waals surface area contributed by atoms with Crippen LogP contribution < -0.4 is 9.80 Å². The van der Waals surface area contributed by atoms with Gasteiger partial charge < -0.3 is 9.80 Å². The second-order valence-electron chi connectivity index (χ2n) is 9.61. The van der Waals surface area contributed by atoms with E-state index in [0.29, 0.717) is 23.7 Å². The van der Waals surface area contributed by atoms with Gasteiger partial charge >= 0.3 is 0 Å². The first-order valence-corrected chi connectivity index (χ1v) is 12.5. The SMILES string of the molecule is CC(C)c1cccc(C(C)C)c1N1C=CN(c2c(C(C)C)cccc2C(C)C)C1I.I. The summed E-state index contributed by atoms with van der Waals surface area (Å²) in [6.45, 7) is 18.4. The zero-order valence-corrected chi connectivity index (χ0v) is 24.7. The van der Waals surface area contributed by atoms with Gasteiger partial charge in [0.2, 0.25) is 0 Å². The van der Waals surface area contributed by atoms with Crippen molar-refractivity contribution in [2.45, 2.75) is 83.2 Å². The fourth-order valence-electron chi connectivity index (χ4n) is 4.40. The van der Waals surface area contributed by atoms with Gasteiger partial charge in [-0.3, -0.25) is 0 Å². The van der Waals surface area contributed by atoms with Crippen molar-refractivity contribution in [3.8, 4) is 0 Å². The summed E-state index contributed by atoms with van der Waals surface area (Å²) in [5, 5.41) is 0. The number of rotatable bonds is 6. The Morgan fingerprint density at radius 2 is 0.839 bits per heavy atom. The minimum atomic E-state index is 0. The summed E-state index contributed by atoms with van der Waals surface area (Å²) in [6, 6.07) is 13.6. The molecule has 1 aliphatic rings. The Morgan fingerprint density at radius 1 is 0.581 bits per heavy atom. The van der Waals surface area contributed by atoms with Crippen molar-refractivity contribution in [3.63, 3.8) is 0 Å². The number of para-hydroxylation sites is 2. The third-order valence-electron chi connectivity index (χ3n) is 6.05. The van der Waals surface area contributed by atoms with Gasteiger partial charge in [0.25, 0.3) is 0 Å². The Morgan fingerprint density at radius 3 is 1.06 bits per heavy atom. The highest BCUT2D eigenvalue weighted by atomic mass is 127. The second-order valence-corrected chi connectivity index (χ2v) is 10.7. The number of benzene rings is 2. The van der Waals surface area contributed by atoms with E-state index in [-0.39, 0.29) is 28.1 Å². The number of anilines is 2. The fourth-order valence-corrected chi connectivity index (χ4v) is 5.33. The molecule has 0 aliphatic carbocycles. The van der Waals surface area contributed by atoms with E-state index in [1.54, 1.807) is 0 Å². The highest BCUT2D eigenvalue weighted by Gasteiger charge is 2.32. The van der Waals surface area contributed by atoms with Gasteiger partial charge in [0.1, 0.15) is 0 Å². The predicted octanol–water partition coefficient (Wildman–Crippen LogP) is 9.31. The predicted molar refractivity (Wildman–Crippen MR) is 157 cm³/mol. The second kappa shape index (κ2) is 10.9. The van der Waals surface area contributed by atoms with Gasteiger partial charge in [-0.25, -0.2) is 0 Å². The Balaban J connectivity index is 0.00000341. The third-order valence-corrected chi connectivity index (χ3v) is 7.25. The van der Waals surface area contributed by atoms with Gasteiger partial charge in [0.15, 0.2) is 4.17 Å². The fraction of sp³-hybridized carbons (Fsp3) is 0.481. The Labute approximate surface area is 220 Å². The quantitative estimate of drug-likeness (QED) is 0.176. The number of nitrogens with zero attached hydrogens (tertiary/aromatic N) is 2. The molecule has 31 heavy (non-hydrogen) atoms. The first-order chi connectivity index (χ1) is 14.1. The summed E-state index contributed by atoms with van der Waals surface area (Å²) in [4.78, 5) is 4.96. The molecule has 1 heterocycles. The van der Waals surface area contributed by atoms with Gasteiger partial charge in [-0.05, 0) is 68.5 Å². The molecule has 0 atom stereocenters. The molecule has 0 fully saturated rings. The topological polar surface area (TPSA) is 6.48 Å². The van der Waals surface area contributed by atoms with Gasteiger partial charge in [-0.2, -0.15) is 0 Å². The maximum Gasteiger partial charge on any atom is 0.163 e. The van der Waals surface area contributed by atoms with Crippen molar-refractivity contribution in [1.82, 2.24) is 0 Å². The van der Waals surface area contributed by atoms with Crippen molar-refractivity contribution in [2.24, 2.45) is 0 Å². The van der Waals surface area contributed by atoms with E-state index in [1.165, 1.54) is 33.6 Å². The lowest BCUT2D eigenvalue weighted by Gasteiger charge is -2.35. The molecular formula is C27H38I2N2. The molecule has 0 saturated carbocycles. The van der Waals surface area contributed by atoms with Crippen LogP contribution in [0.25, 0.3) is 0 Å². The molecule has 3 rings (SSSR count). The zero-order valence-electron chi connectivity index (χ0n) is 20.2. The molecule has 2 nitrogen and oxygen atoms in total. The van der Waals surface area contributed by atoms with E-state index < -0.39 is 0 Å². The van der Waals surface area contributed by atoms with Crippen LogP contribution in [-0.2, 0) is 0 Å². The van der Waals surface area contributed by atoms with E-state index in [0.717, 1.165) is 0 Å². The van der Waals surface area contributed by atoms with Gasteiger partial charge in [-0.1, -0.05) is 91.8 Å². The average molecular weight is 644 g/mol. The summed E-state index contributed by atoms with van der Waals surface area (Å²) in [5.41, 5.74) is 8.47. The summed E-state index contributed by atoms with van der Waals surface area (Å²) < 4.78 is 0.206. The first kappa shape index (κ1) is 26.5. The van der Waals surface area contributed by atoms with Crippen LogP contribution in [0.1, 0.15) is 101 Å². The van der Waals surface area contributed by atoms with E-state index in [4.69, 9.17) is 0 Å². The van der Waals surface area contributed by atoms with E-state index in [1.807, 2.05) is 0 Å². The third kappa shape index (κ3) is 5.26. The Bertz CT molecular complexity index is 789. The van der Waals surface area contributed by atoms with Crippen molar-refractivity contribution in [2.75, 3.05) is 9.80 Å². The molecule has 1 aliphatic heterocycles. The first-order valence-electron chi connectivity index (χ1n) is 11.3. The van der Waals surface area contributed by atoms with Gasteiger partial charge in [0, 0.05) is 12.4 Å². The van der Waals surface area contributed by atoms with Crippen LogP contribution in [0.4, 0.5) is 11.4 Å². The molecule has 4 heteroatoms. The van der Waals surface area contributed by atoms with Crippen LogP contribution in [0.3, 0.4) is 0 Å². The molecule has 2 aromatic rings. The maximum absolute atomic E-state index is 2.61. The van der Waals surface area contributed by atoms with Crippen molar-refractivity contribution in [1.29, 1.82) is 0 Å². The molecular weight excluding hydrogens is 606 g/mol. The number of hydrogen-bond acceptors (Lipinski definition) is 2. The monoisotopic (exact) mass is 644 g/mol. The standard InChI is InChI=1S/C27H37IN2.HI/c1-17(2)21-11-9-12-22(18(3)4)25(21)29-15-16-30(27(29)28)26-23(19(5)6)13-10-14-24(26)20(7)8;/h9-20,27H,1-8H3;1H. The maximum atomic E-state index is 2.61. The molecule has 0 radical (unpaired) electrons. The molecule has 0 saturated heterocycles. The van der Waals surface area contributed by atoms with Crippen LogP contribution >= 0.6 is 46.6 Å². The van der Waals surface area contributed by atoms with E-state index >= 15 is 0 Å². The average Bonchev–Trinajstić information content (AvgIpc) is 3.07. The molecule has 170 valence electrons. The molecule has 0 bridgehead atoms. The summed E-state index contributed by atoms with van der Waals surface area (Å²) >= 11 is 2.61. The normalized spacial score (nSPS) is 14.5. The van der Waals surface area contributed by atoms with Crippen LogP contribution in [0.2, 0.25) is 0 Å². The zero-order chi connectivity index (χ0) is 22.2. The molecule has 0 spiro atoms. The molecule has 0 aromatic heterocycles. The molecule has 0 amide bonds. The molecule has 0 N–H and O–H groups in total. The molecule has 2 aromatic carbocycles. The van der Waals surface area contributed by atoms with Crippen molar-refractivity contribution >= 4 is 57.9 Å². The number of alkyl halides is 1. The lowest BCUT2D eigenvalue weighted by Crippen LogP contribution is -2.35. The van der Waals surface area contributed by atoms with Crippen LogP contribution in [0, 0.1) is 0 Å². The van der Waals surface area contributed by atoms with Crippen molar-refractivity contribution in [3.05, 3.63) is 71.1 Å². The Hall–Kier alpha value is -0.760. The van der Waals surface area contributed by atoms with Gasteiger partial charge in [-0.15, -0.1) is 24.0 Å². The lowest BCUT2D eigenvalue weighted by atomic mass is 9.91. The largest absolute Gasteiger partial charge is 0.316 e. The smallest absolute Gasteiger partial charge is 0.163 e. The highest BCUT2D eigenvalue weighted by Crippen LogP contribution is 2.44. The summed E-state index contributed by atoms with van der Waals surface area (Å²) in [5.74, 6) is 1.94. The van der Waals surface area contributed by atoms with Crippen LogP contribution in [0.15, 0.2) is 48.8 Å². The Kier molecular flexibility index (Phi) is 9.32. The minimum absolute atomic E-state index is 0. The van der Waals surface area contributed by atoms with Crippen LogP contribution in [-0.4, -0.2) is 4.17 Å². The van der Waals surface area contributed by atoms with Crippen LogP contribution in [0.5, 0.6) is 0 Å². The molecule has 0 unspecified atom stereocenters.